The molecule has 3 nitrogen and oxygen atoms in total. The number of anilines is 1. The first-order valence-electron chi connectivity index (χ1n) is 6.25. The summed E-state index contributed by atoms with van der Waals surface area (Å²) in [5.41, 5.74) is 6.81. The molecule has 1 aliphatic carbocycles. The van der Waals surface area contributed by atoms with Gasteiger partial charge >= 0.3 is 0 Å². The smallest absolute Gasteiger partial charge is 0.123 e. The second-order valence-electron chi connectivity index (χ2n) is 5.20. The summed E-state index contributed by atoms with van der Waals surface area (Å²) in [5, 5.41) is 0. The molecule has 2 heterocycles. The monoisotopic (exact) mass is 217 g/mol. The molecule has 1 aromatic heterocycles. The van der Waals surface area contributed by atoms with Crippen molar-refractivity contribution in [3.8, 4) is 0 Å². The van der Waals surface area contributed by atoms with E-state index in [1.54, 1.807) is 0 Å². The number of pyridine rings is 1. The lowest BCUT2D eigenvalue weighted by Crippen LogP contribution is -2.21. The highest BCUT2D eigenvalue weighted by molar-refractivity contribution is 5.28. The van der Waals surface area contributed by atoms with Gasteiger partial charge in [0.05, 0.1) is 5.69 Å². The van der Waals surface area contributed by atoms with Gasteiger partial charge in [-0.05, 0) is 36.8 Å². The molecule has 1 saturated heterocycles. The van der Waals surface area contributed by atoms with Crippen LogP contribution in [0.2, 0.25) is 0 Å². The second kappa shape index (κ2) is 4.06. The number of likely N-dealkylation sites (tertiary alicyclic amines) is 1. The summed E-state index contributed by atoms with van der Waals surface area (Å²) in [4.78, 5) is 6.90. The Balaban J connectivity index is 1.64. The molecule has 2 aliphatic rings. The lowest BCUT2D eigenvalue weighted by Gasteiger charge is -2.16. The van der Waals surface area contributed by atoms with Gasteiger partial charge in [0.1, 0.15) is 5.82 Å². The quantitative estimate of drug-likeness (QED) is 0.822. The van der Waals surface area contributed by atoms with Crippen LogP contribution < -0.4 is 5.73 Å². The SMILES string of the molecule is Nc1cccc(CN2CC3CCCC3C2)n1. The molecule has 2 unspecified atom stereocenters. The summed E-state index contributed by atoms with van der Waals surface area (Å²) in [6.45, 7) is 3.50. The van der Waals surface area contributed by atoms with E-state index in [2.05, 4.69) is 16.0 Å². The largest absolute Gasteiger partial charge is 0.384 e. The molecule has 0 spiro atoms. The van der Waals surface area contributed by atoms with Gasteiger partial charge in [-0.25, -0.2) is 4.98 Å². The van der Waals surface area contributed by atoms with Gasteiger partial charge in [0.25, 0.3) is 0 Å². The molecule has 2 N–H and O–H groups in total. The van der Waals surface area contributed by atoms with Crippen molar-refractivity contribution in [2.45, 2.75) is 25.8 Å². The summed E-state index contributed by atoms with van der Waals surface area (Å²) in [6.07, 6.45) is 4.32. The van der Waals surface area contributed by atoms with Crippen molar-refractivity contribution in [1.82, 2.24) is 9.88 Å². The average Bonchev–Trinajstić information content (AvgIpc) is 2.77. The van der Waals surface area contributed by atoms with Crippen molar-refractivity contribution in [3.63, 3.8) is 0 Å². The van der Waals surface area contributed by atoms with E-state index in [0.717, 1.165) is 24.1 Å². The van der Waals surface area contributed by atoms with Crippen LogP contribution in [-0.4, -0.2) is 23.0 Å². The molecule has 0 bridgehead atoms. The average molecular weight is 217 g/mol. The molecular formula is C13H19N3. The fraction of sp³-hybridized carbons (Fsp3) is 0.615. The van der Waals surface area contributed by atoms with Crippen LogP contribution in [0.1, 0.15) is 25.0 Å². The molecule has 0 amide bonds. The topological polar surface area (TPSA) is 42.1 Å². The van der Waals surface area contributed by atoms with Crippen molar-refractivity contribution in [2.24, 2.45) is 11.8 Å². The van der Waals surface area contributed by atoms with Gasteiger partial charge < -0.3 is 5.73 Å². The Kier molecular flexibility index (Phi) is 2.56. The summed E-state index contributed by atoms with van der Waals surface area (Å²) in [6, 6.07) is 5.92. The predicted octanol–water partition coefficient (Wildman–Crippen LogP) is 1.90. The van der Waals surface area contributed by atoms with Crippen LogP contribution in [0.3, 0.4) is 0 Å². The highest BCUT2D eigenvalue weighted by atomic mass is 15.2. The standard InChI is InChI=1S/C13H19N3/c14-13-6-2-5-12(15-13)9-16-7-10-3-1-4-11(10)8-16/h2,5-6,10-11H,1,3-4,7-9H2,(H2,14,15). The van der Waals surface area contributed by atoms with Gasteiger partial charge in [-0.2, -0.15) is 0 Å². The van der Waals surface area contributed by atoms with Crippen LogP contribution >= 0.6 is 0 Å². The molecule has 1 saturated carbocycles. The van der Waals surface area contributed by atoms with Crippen LogP contribution in [0.25, 0.3) is 0 Å². The van der Waals surface area contributed by atoms with E-state index < -0.39 is 0 Å². The van der Waals surface area contributed by atoms with E-state index in [1.165, 1.54) is 32.4 Å². The summed E-state index contributed by atoms with van der Waals surface area (Å²) in [7, 11) is 0. The van der Waals surface area contributed by atoms with Crippen molar-refractivity contribution < 1.29 is 0 Å². The summed E-state index contributed by atoms with van der Waals surface area (Å²) < 4.78 is 0. The molecule has 0 aromatic carbocycles. The Hall–Kier alpha value is -1.09. The number of nitrogens with zero attached hydrogens (tertiary/aromatic N) is 2. The van der Waals surface area contributed by atoms with E-state index >= 15 is 0 Å². The Bertz CT molecular complexity index is 365. The second-order valence-corrected chi connectivity index (χ2v) is 5.20. The third-order valence-electron chi connectivity index (χ3n) is 4.02. The van der Waals surface area contributed by atoms with Gasteiger partial charge in [-0.3, -0.25) is 4.90 Å². The van der Waals surface area contributed by atoms with Crippen LogP contribution in [0.5, 0.6) is 0 Å². The maximum absolute atomic E-state index is 5.70. The summed E-state index contributed by atoms with van der Waals surface area (Å²) in [5.74, 6) is 2.55. The normalized spacial score (nSPS) is 29.5. The molecule has 0 radical (unpaired) electrons. The minimum absolute atomic E-state index is 0.636. The third kappa shape index (κ3) is 1.92. The van der Waals surface area contributed by atoms with Gasteiger partial charge in [-0.15, -0.1) is 0 Å². The first-order chi connectivity index (χ1) is 7.81. The fourth-order valence-electron chi connectivity index (χ4n) is 3.28. The maximum atomic E-state index is 5.70. The number of fused-ring (bicyclic) bond motifs is 1. The van der Waals surface area contributed by atoms with Crippen LogP contribution in [0.15, 0.2) is 18.2 Å². The number of hydrogen-bond donors (Lipinski definition) is 1. The van der Waals surface area contributed by atoms with E-state index in [-0.39, 0.29) is 0 Å². The molecule has 3 rings (SSSR count). The van der Waals surface area contributed by atoms with Crippen LogP contribution in [0, 0.1) is 11.8 Å². The zero-order chi connectivity index (χ0) is 11.0. The van der Waals surface area contributed by atoms with Crippen molar-refractivity contribution in [2.75, 3.05) is 18.8 Å². The van der Waals surface area contributed by atoms with E-state index in [1.807, 2.05) is 12.1 Å². The first kappa shape index (κ1) is 10.1. The number of hydrogen-bond acceptors (Lipinski definition) is 3. The number of nitrogens with two attached hydrogens (primary N) is 1. The molecule has 1 aliphatic heterocycles. The molecular weight excluding hydrogens is 198 g/mol. The van der Waals surface area contributed by atoms with Gasteiger partial charge in [-0.1, -0.05) is 12.5 Å². The first-order valence-corrected chi connectivity index (χ1v) is 6.25. The van der Waals surface area contributed by atoms with Crippen LogP contribution in [-0.2, 0) is 6.54 Å². The van der Waals surface area contributed by atoms with Crippen LogP contribution in [0.4, 0.5) is 5.82 Å². The molecule has 2 fully saturated rings. The highest BCUT2D eigenvalue weighted by Gasteiger charge is 2.35. The fourth-order valence-corrected chi connectivity index (χ4v) is 3.28. The lowest BCUT2D eigenvalue weighted by atomic mass is 10.0. The molecule has 16 heavy (non-hydrogen) atoms. The van der Waals surface area contributed by atoms with E-state index in [0.29, 0.717) is 5.82 Å². The highest BCUT2D eigenvalue weighted by Crippen LogP contribution is 2.37. The number of rotatable bonds is 2. The Morgan fingerprint density at radius 3 is 2.69 bits per heavy atom. The van der Waals surface area contributed by atoms with Gasteiger partial charge in [0.2, 0.25) is 0 Å². The minimum Gasteiger partial charge on any atom is -0.384 e. The number of aromatic nitrogens is 1. The van der Waals surface area contributed by atoms with Gasteiger partial charge in [0, 0.05) is 19.6 Å². The Morgan fingerprint density at radius 2 is 2.00 bits per heavy atom. The predicted molar refractivity (Wildman–Crippen MR) is 64.8 cm³/mol. The molecule has 1 aromatic rings. The van der Waals surface area contributed by atoms with E-state index in [4.69, 9.17) is 5.73 Å². The summed E-state index contributed by atoms with van der Waals surface area (Å²) >= 11 is 0. The Labute approximate surface area is 96.7 Å². The molecule has 3 heteroatoms. The van der Waals surface area contributed by atoms with Gasteiger partial charge in [0.15, 0.2) is 0 Å². The lowest BCUT2D eigenvalue weighted by molar-refractivity contribution is 0.300. The van der Waals surface area contributed by atoms with Crippen molar-refractivity contribution in [1.29, 1.82) is 0 Å². The van der Waals surface area contributed by atoms with Crippen molar-refractivity contribution in [3.05, 3.63) is 23.9 Å². The molecule has 2 atom stereocenters. The third-order valence-corrected chi connectivity index (χ3v) is 4.02. The molecule has 86 valence electrons. The van der Waals surface area contributed by atoms with Crippen molar-refractivity contribution >= 4 is 5.82 Å². The zero-order valence-electron chi connectivity index (χ0n) is 9.60. The van der Waals surface area contributed by atoms with E-state index in [9.17, 15) is 0 Å². The number of nitrogen functional groups attached to an aromatic ring is 1. The maximum Gasteiger partial charge on any atom is 0.123 e. The minimum atomic E-state index is 0.636. The zero-order valence-corrected chi connectivity index (χ0v) is 9.60. The Morgan fingerprint density at radius 1 is 1.25 bits per heavy atom.